The fourth-order valence-electron chi connectivity index (χ4n) is 2.66. The van der Waals surface area contributed by atoms with Crippen LogP contribution in [-0.2, 0) is 0 Å². The van der Waals surface area contributed by atoms with Crippen molar-refractivity contribution >= 4 is 5.69 Å². The predicted molar refractivity (Wildman–Crippen MR) is 75.9 cm³/mol. The highest BCUT2D eigenvalue weighted by molar-refractivity contribution is 5.49. The molecule has 0 spiro atoms. The van der Waals surface area contributed by atoms with Gasteiger partial charge in [-0.2, -0.15) is 0 Å². The van der Waals surface area contributed by atoms with Gasteiger partial charge in [0.05, 0.1) is 6.61 Å². The molecule has 0 saturated carbocycles. The second-order valence-electron chi connectivity index (χ2n) is 5.97. The van der Waals surface area contributed by atoms with Gasteiger partial charge in [0.15, 0.2) is 0 Å². The van der Waals surface area contributed by atoms with E-state index >= 15 is 0 Å². The molecule has 1 fully saturated rings. The first kappa shape index (κ1) is 14.3. The van der Waals surface area contributed by atoms with Gasteiger partial charge >= 0.3 is 0 Å². The van der Waals surface area contributed by atoms with E-state index in [0.717, 1.165) is 18.7 Å². The Morgan fingerprint density at radius 2 is 2.16 bits per heavy atom. The van der Waals surface area contributed by atoms with Crippen LogP contribution in [-0.4, -0.2) is 48.3 Å². The predicted octanol–water partition coefficient (Wildman–Crippen LogP) is 2.11. The summed E-state index contributed by atoms with van der Waals surface area (Å²) in [6.07, 6.45) is 0.983. The van der Waals surface area contributed by atoms with Crippen LogP contribution in [0.25, 0.3) is 0 Å². The second kappa shape index (κ2) is 5.47. The molecule has 1 aromatic carbocycles. The average molecular weight is 266 g/mol. The Balaban J connectivity index is 2.33. The molecule has 0 bridgehead atoms. The van der Waals surface area contributed by atoms with Crippen molar-refractivity contribution in [1.29, 1.82) is 0 Å². The third-order valence-corrected chi connectivity index (χ3v) is 4.15. The van der Waals surface area contributed by atoms with Gasteiger partial charge in [0.1, 0.15) is 5.82 Å². The van der Waals surface area contributed by atoms with Gasteiger partial charge in [0, 0.05) is 30.4 Å². The molecule has 1 atom stereocenters. The number of aliphatic hydroxyl groups is 1. The third kappa shape index (κ3) is 3.07. The van der Waals surface area contributed by atoms with E-state index in [0.29, 0.717) is 6.54 Å². The molecule has 0 radical (unpaired) electrons. The van der Waals surface area contributed by atoms with Crippen LogP contribution in [0.3, 0.4) is 0 Å². The molecule has 1 unspecified atom stereocenters. The molecule has 0 aliphatic carbocycles. The van der Waals surface area contributed by atoms with Gasteiger partial charge in [-0.15, -0.1) is 0 Å². The minimum absolute atomic E-state index is 0.0496. The molecule has 1 aromatic rings. The highest BCUT2D eigenvalue weighted by Gasteiger charge is 2.34. The third-order valence-electron chi connectivity index (χ3n) is 4.15. The molecule has 1 heterocycles. The fourth-order valence-corrected chi connectivity index (χ4v) is 2.66. The van der Waals surface area contributed by atoms with Crippen LogP contribution in [0, 0.1) is 5.82 Å². The summed E-state index contributed by atoms with van der Waals surface area (Å²) in [5.74, 6) is -0.216. The van der Waals surface area contributed by atoms with Gasteiger partial charge in [-0.3, -0.25) is 4.90 Å². The lowest BCUT2D eigenvalue weighted by molar-refractivity contribution is 0.158. The first-order valence-electron chi connectivity index (χ1n) is 6.78. The number of aliphatic hydroxyl groups excluding tert-OH is 1. The monoisotopic (exact) mass is 266 g/mol. The Morgan fingerprint density at radius 1 is 1.42 bits per heavy atom. The van der Waals surface area contributed by atoms with E-state index in [1.165, 1.54) is 6.07 Å². The molecule has 2 rings (SSSR count). The van der Waals surface area contributed by atoms with Crippen LogP contribution in [0.2, 0.25) is 0 Å². The summed E-state index contributed by atoms with van der Waals surface area (Å²) in [5.41, 5.74) is 0.838. The maximum atomic E-state index is 13.4. The summed E-state index contributed by atoms with van der Waals surface area (Å²) >= 11 is 0. The Bertz CT molecular complexity index is 436. The van der Waals surface area contributed by atoms with E-state index < -0.39 is 0 Å². The van der Waals surface area contributed by atoms with Gasteiger partial charge in [0.2, 0.25) is 0 Å². The molecule has 1 aliphatic rings. The molecule has 0 amide bonds. The first-order chi connectivity index (χ1) is 8.94. The maximum Gasteiger partial charge on any atom is 0.125 e. The van der Waals surface area contributed by atoms with Crippen molar-refractivity contribution in [2.45, 2.75) is 31.8 Å². The number of hydrogen-bond acceptors (Lipinski definition) is 3. The zero-order valence-corrected chi connectivity index (χ0v) is 11.9. The summed E-state index contributed by atoms with van der Waals surface area (Å²) in [7, 11) is 2.03. The number of halogens is 1. The van der Waals surface area contributed by atoms with Gasteiger partial charge in [-0.25, -0.2) is 4.39 Å². The molecule has 4 heteroatoms. The van der Waals surface area contributed by atoms with E-state index in [1.807, 2.05) is 13.1 Å². The smallest absolute Gasteiger partial charge is 0.125 e. The zero-order chi connectivity index (χ0) is 14.0. The summed E-state index contributed by atoms with van der Waals surface area (Å²) in [6, 6.07) is 6.80. The summed E-state index contributed by atoms with van der Waals surface area (Å²) in [4.78, 5) is 4.39. The molecule has 1 aliphatic heterocycles. The van der Waals surface area contributed by atoms with Crippen molar-refractivity contribution in [3.8, 4) is 0 Å². The molecule has 3 nitrogen and oxygen atoms in total. The highest BCUT2D eigenvalue weighted by Crippen LogP contribution is 2.30. The average Bonchev–Trinajstić information content (AvgIpc) is 2.47. The summed E-state index contributed by atoms with van der Waals surface area (Å²) in [5, 5.41) is 9.53. The topological polar surface area (TPSA) is 26.7 Å². The van der Waals surface area contributed by atoms with Crippen LogP contribution in [0.4, 0.5) is 10.1 Å². The zero-order valence-electron chi connectivity index (χ0n) is 11.9. The van der Waals surface area contributed by atoms with Crippen molar-refractivity contribution in [3.05, 3.63) is 30.1 Å². The number of nitrogens with zero attached hydrogens (tertiary/aromatic N) is 2. The number of rotatable bonds is 2. The van der Waals surface area contributed by atoms with Gasteiger partial charge in [-0.05, 0) is 45.5 Å². The van der Waals surface area contributed by atoms with Gasteiger partial charge in [0.25, 0.3) is 0 Å². The molecular weight excluding hydrogens is 243 g/mol. The lowest BCUT2D eigenvalue weighted by atomic mass is 9.97. The Labute approximate surface area is 114 Å². The van der Waals surface area contributed by atoms with Crippen molar-refractivity contribution in [1.82, 2.24) is 4.90 Å². The molecule has 1 saturated heterocycles. The van der Waals surface area contributed by atoms with E-state index in [2.05, 4.69) is 23.6 Å². The van der Waals surface area contributed by atoms with Gasteiger partial charge in [-0.1, -0.05) is 6.07 Å². The van der Waals surface area contributed by atoms with E-state index in [4.69, 9.17) is 0 Å². The molecule has 0 aromatic heterocycles. The lowest BCUT2D eigenvalue weighted by Gasteiger charge is -2.40. The molecule has 106 valence electrons. The van der Waals surface area contributed by atoms with Crippen molar-refractivity contribution in [3.63, 3.8) is 0 Å². The largest absolute Gasteiger partial charge is 0.395 e. The van der Waals surface area contributed by atoms with E-state index in [1.54, 1.807) is 12.1 Å². The second-order valence-corrected chi connectivity index (χ2v) is 5.97. The number of likely N-dealkylation sites (N-methyl/N-ethyl adjacent to an activating group) is 1. The minimum Gasteiger partial charge on any atom is -0.395 e. The standard InChI is InChI=1S/C15H23FN2O/c1-15(2)7-8-17(3)14(11-19)10-18(15)13-6-4-5-12(16)9-13/h4-6,9,14,19H,7-8,10-11H2,1-3H3. The van der Waals surface area contributed by atoms with Gasteiger partial charge < -0.3 is 10.0 Å². The van der Waals surface area contributed by atoms with Crippen LogP contribution >= 0.6 is 0 Å². The SMILES string of the molecule is CN1CCC(C)(C)N(c2cccc(F)c2)CC1CO. The normalized spacial score (nSPS) is 24.3. The van der Waals surface area contributed by atoms with Crippen molar-refractivity contribution in [2.75, 3.05) is 31.6 Å². The van der Waals surface area contributed by atoms with Crippen LogP contribution < -0.4 is 4.90 Å². The van der Waals surface area contributed by atoms with Crippen molar-refractivity contribution in [2.24, 2.45) is 0 Å². The van der Waals surface area contributed by atoms with Crippen LogP contribution in [0.15, 0.2) is 24.3 Å². The van der Waals surface area contributed by atoms with Crippen LogP contribution in [0.1, 0.15) is 20.3 Å². The van der Waals surface area contributed by atoms with Crippen molar-refractivity contribution < 1.29 is 9.50 Å². The fraction of sp³-hybridized carbons (Fsp3) is 0.600. The Kier molecular flexibility index (Phi) is 4.11. The summed E-state index contributed by atoms with van der Waals surface area (Å²) in [6.45, 7) is 6.11. The number of hydrogen-bond donors (Lipinski definition) is 1. The van der Waals surface area contributed by atoms with Crippen LogP contribution in [0.5, 0.6) is 0 Å². The number of benzene rings is 1. The molecule has 19 heavy (non-hydrogen) atoms. The highest BCUT2D eigenvalue weighted by atomic mass is 19.1. The maximum absolute atomic E-state index is 13.4. The molecular formula is C15H23FN2O. The summed E-state index contributed by atoms with van der Waals surface area (Å²) < 4.78 is 13.4. The molecule has 1 N–H and O–H groups in total. The Morgan fingerprint density at radius 3 is 2.79 bits per heavy atom. The first-order valence-corrected chi connectivity index (χ1v) is 6.78. The number of anilines is 1. The Hall–Kier alpha value is -1.13. The minimum atomic E-state index is -0.216. The lowest BCUT2D eigenvalue weighted by Crippen LogP contribution is -2.48. The quantitative estimate of drug-likeness (QED) is 0.888. The van der Waals surface area contributed by atoms with E-state index in [-0.39, 0.29) is 24.0 Å². The van der Waals surface area contributed by atoms with E-state index in [9.17, 15) is 9.50 Å².